The Hall–Kier alpha value is -0.120. The van der Waals surface area contributed by atoms with E-state index in [0.29, 0.717) is 0 Å². The molecule has 0 atom stereocenters. The zero-order valence-corrected chi connectivity index (χ0v) is 10.00. The Balaban J connectivity index is 2.27. The quantitative estimate of drug-likeness (QED) is 0.660. The standard InChI is InChI=1S/C11H25N3/c1-4-7-12-8-10-14(11-9-12)13(5-2)6-3/h4-11H2,1-3H3. The van der Waals surface area contributed by atoms with Crippen LogP contribution in [-0.2, 0) is 0 Å². The van der Waals surface area contributed by atoms with Gasteiger partial charge in [-0.15, -0.1) is 0 Å². The highest BCUT2D eigenvalue weighted by Gasteiger charge is 2.19. The summed E-state index contributed by atoms with van der Waals surface area (Å²) in [6, 6.07) is 0. The van der Waals surface area contributed by atoms with Crippen molar-refractivity contribution in [3.63, 3.8) is 0 Å². The average Bonchev–Trinajstić information content (AvgIpc) is 2.23. The van der Waals surface area contributed by atoms with Crippen LogP contribution in [0.2, 0.25) is 0 Å². The summed E-state index contributed by atoms with van der Waals surface area (Å²) in [6.45, 7) is 15.2. The van der Waals surface area contributed by atoms with Gasteiger partial charge in [-0.1, -0.05) is 20.8 Å². The van der Waals surface area contributed by atoms with Gasteiger partial charge in [-0.05, 0) is 13.0 Å². The Bertz CT molecular complexity index is 137. The first kappa shape index (κ1) is 12.0. The highest BCUT2D eigenvalue weighted by Crippen LogP contribution is 2.05. The average molecular weight is 199 g/mol. The van der Waals surface area contributed by atoms with Crippen molar-refractivity contribution in [1.29, 1.82) is 0 Å². The Morgan fingerprint density at radius 1 is 0.929 bits per heavy atom. The molecule has 3 heteroatoms. The maximum Gasteiger partial charge on any atom is 0.0261 e. The van der Waals surface area contributed by atoms with E-state index in [9.17, 15) is 0 Å². The lowest BCUT2D eigenvalue weighted by Gasteiger charge is -2.40. The molecule has 0 bridgehead atoms. The first-order valence-electron chi connectivity index (χ1n) is 6.03. The molecule has 1 fully saturated rings. The summed E-state index contributed by atoms with van der Waals surface area (Å²) in [7, 11) is 0. The van der Waals surface area contributed by atoms with Crippen molar-refractivity contribution in [2.75, 3.05) is 45.8 Å². The van der Waals surface area contributed by atoms with Crippen LogP contribution in [0.3, 0.4) is 0 Å². The highest BCUT2D eigenvalue weighted by atomic mass is 15.6. The summed E-state index contributed by atoms with van der Waals surface area (Å²) >= 11 is 0. The number of hydrazine groups is 1. The zero-order chi connectivity index (χ0) is 10.4. The highest BCUT2D eigenvalue weighted by molar-refractivity contribution is 4.69. The predicted molar refractivity (Wildman–Crippen MR) is 61.2 cm³/mol. The third-order valence-electron chi connectivity index (χ3n) is 3.02. The summed E-state index contributed by atoms with van der Waals surface area (Å²) in [6.07, 6.45) is 1.28. The van der Waals surface area contributed by atoms with Crippen molar-refractivity contribution in [3.8, 4) is 0 Å². The van der Waals surface area contributed by atoms with Gasteiger partial charge in [0, 0.05) is 39.3 Å². The molecule has 0 aromatic heterocycles. The summed E-state index contributed by atoms with van der Waals surface area (Å²) < 4.78 is 0. The second-order valence-electron chi connectivity index (χ2n) is 3.93. The van der Waals surface area contributed by atoms with Gasteiger partial charge in [0.25, 0.3) is 0 Å². The molecular weight excluding hydrogens is 174 g/mol. The lowest BCUT2D eigenvalue weighted by Crippen LogP contribution is -2.53. The maximum atomic E-state index is 2.57. The smallest absolute Gasteiger partial charge is 0.0261 e. The fourth-order valence-electron chi connectivity index (χ4n) is 2.18. The molecule has 0 radical (unpaired) electrons. The van der Waals surface area contributed by atoms with Crippen LogP contribution in [0.5, 0.6) is 0 Å². The molecule has 14 heavy (non-hydrogen) atoms. The lowest BCUT2D eigenvalue weighted by molar-refractivity contribution is -0.0502. The topological polar surface area (TPSA) is 9.72 Å². The van der Waals surface area contributed by atoms with E-state index in [1.54, 1.807) is 0 Å². The molecule has 1 rings (SSSR count). The SMILES string of the molecule is CCCN1CCN(N(CC)CC)CC1. The zero-order valence-electron chi connectivity index (χ0n) is 10.00. The fraction of sp³-hybridized carbons (Fsp3) is 1.00. The van der Waals surface area contributed by atoms with Crippen LogP contribution < -0.4 is 0 Å². The Morgan fingerprint density at radius 3 is 1.93 bits per heavy atom. The third kappa shape index (κ3) is 3.23. The maximum absolute atomic E-state index is 2.57. The van der Waals surface area contributed by atoms with Crippen molar-refractivity contribution >= 4 is 0 Å². The van der Waals surface area contributed by atoms with Crippen LogP contribution in [0.25, 0.3) is 0 Å². The third-order valence-corrected chi connectivity index (χ3v) is 3.02. The molecule has 1 saturated heterocycles. The second kappa shape index (κ2) is 6.38. The number of rotatable bonds is 5. The minimum Gasteiger partial charge on any atom is -0.301 e. The van der Waals surface area contributed by atoms with Crippen molar-refractivity contribution in [2.45, 2.75) is 27.2 Å². The molecule has 0 saturated carbocycles. The normalized spacial score (nSPS) is 20.6. The number of hydrogen-bond acceptors (Lipinski definition) is 3. The second-order valence-corrected chi connectivity index (χ2v) is 3.93. The van der Waals surface area contributed by atoms with Crippen molar-refractivity contribution in [3.05, 3.63) is 0 Å². The molecule has 1 aliphatic heterocycles. The van der Waals surface area contributed by atoms with Crippen LogP contribution in [0.4, 0.5) is 0 Å². The molecule has 0 spiro atoms. The van der Waals surface area contributed by atoms with Gasteiger partial charge >= 0.3 is 0 Å². The summed E-state index contributed by atoms with van der Waals surface area (Å²) in [5, 5.41) is 4.95. The van der Waals surface area contributed by atoms with Gasteiger partial charge in [-0.3, -0.25) is 0 Å². The van der Waals surface area contributed by atoms with E-state index in [1.165, 1.54) is 39.1 Å². The van der Waals surface area contributed by atoms with Crippen LogP contribution in [0, 0.1) is 0 Å². The predicted octanol–water partition coefficient (Wildman–Crippen LogP) is 1.27. The minimum atomic E-state index is 1.14. The molecule has 0 aromatic carbocycles. The monoisotopic (exact) mass is 199 g/mol. The molecule has 84 valence electrons. The largest absolute Gasteiger partial charge is 0.301 e. The fourth-order valence-corrected chi connectivity index (χ4v) is 2.18. The molecule has 3 nitrogen and oxygen atoms in total. The molecule has 0 unspecified atom stereocenters. The van der Waals surface area contributed by atoms with Crippen molar-refractivity contribution in [1.82, 2.24) is 14.9 Å². The van der Waals surface area contributed by atoms with Gasteiger partial charge in [0.15, 0.2) is 0 Å². The van der Waals surface area contributed by atoms with E-state index in [1.807, 2.05) is 0 Å². The molecule has 0 aromatic rings. The number of hydrogen-bond donors (Lipinski definition) is 0. The van der Waals surface area contributed by atoms with Gasteiger partial charge in [0.2, 0.25) is 0 Å². The van der Waals surface area contributed by atoms with E-state index in [2.05, 4.69) is 35.7 Å². The summed E-state index contributed by atoms with van der Waals surface area (Å²) in [4.78, 5) is 2.57. The van der Waals surface area contributed by atoms with E-state index >= 15 is 0 Å². The molecule has 1 aliphatic rings. The molecule has 1 heterocycles. The Labute approximate surface area is 88.6 Å². The molecule has 0 N–H and O–H groups in total. The van der Waals surface area contributed by atoms with Gasteiger partial charge in [0.05, 0.1) is 0 Å². The van der Waals surface area contributed by atoms with E-state index in [-0.39, 0.29) is 0 Å². The Kier molecular flexibility index (Phi) is 5.45. The summed E-state index contributed by atoms with van der Waals surface area (Å²) in [5.74, 6) is 0. The van der Waals surface area contributed by atoms with Crippen molar-refractivity contribution in [2.24, 2.45) is 0 Å². The Morgan fingerprint density at radius 2 is 1.50 bits per heavy atom. The van der Waals surface area contributed by atoms with Gasteiger partial charge in [-0.25, -0.2) is 10.0 Å². The molecule has 0 amide bonds. The molecular formula is C11H25N3. The first-order chi connectivity index (χ1) is 6.81. The van der Waals surface area contributed by atoms with E-state index in [4.69, 9.17) is 0 Å². The van der Waals surface area contributed by atoms with Gasteiger partial charge in [-0.2, -0.15) is 0 Å². The van der Waals surface area contributed by atoms with Crippen molar-refractivity contribution < 1.29 is 0 Å². The van der Waals surface area contributed by atoms with Crippen LogP contribution >= 0.6 is 0 Å². The van der Waals surface area contributed by atoms with E-state index < -0.39 is 0 Å². The number of piperazine rings is 1. The van der Waals surface area contributed by atoms with Gasteiger partial charge in [0.1, 0.15) is 0 Å². The first-order valence-corrected chi connectivity index (χ1v) is 6.03. The minimum absolute atomic E-state index is 1.14. The van der Waals surface area contributed by atoms with Crippen LogP contribution in [0.1, 0.15) is 27.2 Å². The van der Waals surface area contributed by atoms with Crippen LogP contribution in [0.15, 0.2) is 0 Å². The van der Waals surface area contributed by atoms with E-state index in [0.717, 1.165) is 13.1 Å². The summed E-state index contributed by atoms with van der Waals surface area (Å²) in [5.41, 5.74) is 0. The van der Waals surface area contributed by atoms with Crippen LogP contribution in [-0.4, -0.2) is 60.7 Å². The number of nitrogens with zero attached hydrogens (tertiary/aromatic N) is 3. The molecule has 0 aliphatic carbocycles. The van der Waals surface area contributed by atoms with Gasteiger partial charge < -0.3 is 4.90 Å². The lowest BCUT2D eigenvalue weighted by atomic mass is 10.3.